The van der Waals surface area contributed by atoms with Crippen LogP contribution in [-0.4, -0.2) is 49.3 Å². The van der Waals surface area contributed by atoms with Gasteiger partial charge in [-0.1, -0.05) is 57.1 Å². The minimum atomic E-state index is 0.00543. The Kier molecular flexibility index (Phi) is 7.82. The van der Waals surface area contributed by atoms with Crippen LogP contribution in [0.3, 0.4) is 0 Å². The Labute approximate surface area is 179 Å². The molecule has 1 aliphatic heterocycles. The number of nitrogens with one attached hydrogen (secondary N) is 1. The van der Waals surface area contributed by atoms with Crippen molar-refractivity contribution in [1.82, 2.24) is 9.88 Å². The molecule has 164 valence electrons. The summed E-state index contributed by atoms with van der Waals surface area (Å²) >= 11 is 0. The van der Waals surface area contributed by atoms with Crippen LogP contribution in [0.1, 0.15) is 56.9 Å². The maximum Gasteiger partial charge on any atom is 0.255 e. The molecule has 4 rings (SSSR count). The minimum Gasteiger partial charge on any atom is -0.491 e. The van der Waals surface area contributed by atoms with E-state index in [1.807, 2.05) is 18.2 Å². The first-order valence-electron chi connectivity index (χ1n) is 11.9. The Morgan fingerprint density at radius 3 is 2.70 bits per heavy atom. The zero-order valence-corrected chi connectivity index (χ0v) is 18.2. The molecule has 5 heteroatoms. The lowest BCUT2D eigenvalue weighted by atomic mass is 9.98. The molecule has 1 saturated carbocycles. The van der Waals surface area contributed by atoms with E-state index >= 15 is 0 Å². The molecular weight excluding hydrogens is 376 g/mol. The lowest BCUT2D eigenvalue weighted by molar-refractivity contribution is 0.0323. The Morgan fingerprint density at radius 2 is 1.87 bits per heavy atom. The molecule has 0 bridgehead atoms. The van der Waals surface area contributed by atoms with Crippen LogP contribution in [0.2, 0.25) is 0 Å². The van der Waals surface area contributed by atoms with Crippen LogP contribution in [0.4, 0.5) is 0 Å². The molecule has 1 aromatic carbocycles. The fraction of sp³-hybridized carbons (Fsp3) is 0.640. The quantitative estimate of drug-likeness (QED) is 0.583. The van der Waals surface area contributed by atoms with E-state index in [0.29, 0.717) is 6.61 Å². The molecule has 0 unspecified atom stereocenters. The van der Waals surface area contributed by atoms with Crippen molar-refractivity contribution in [1.29, 1.82) is 0 Å². The SMILES string of the molecule is O=c1[nH]c2ccccc2c(OCCN2CCOCC2)c1CCCCCC1CCCC1. The van der Waals surface area contributed by atoms with Crippen molar-refractivity contribution < 1.29 is 9.47 Å². The van der Waals surface area contributed by atoms with E-state index in [1.165, 1.54) is 44.9 Å². The second-order valence-electron chi connectivity index (χ2n) is 8.86. The highest BCUT2D eigenvalue weighted by atomic mass is 16.5. The van der Waals surface area contributed by atoms with Gasteiger partial charge in [-0.25, -0.2) is 0 Å². The third-order valence-corrected chi connectivity index (χ3v) is 6.74. The maximum atomic E-state index is 12.8. The van der Waals surface area contributed by atoms with Crippen LogP contribution in [0.25, 0.3) is 10.9 Å². The van der Waals surface area contributed by atoms with E-state index in [0.717, 1.165) is 73.8 Å². The van der Waals surface area contributed by atoms with Gasteiger partial charge in [0.25, 0.3) is 5.56 Å². The van der Waals surface area contributed by atoms with Crippen LogP contribution >= 0.6 is 0 Å². The van der Waals surface area contributed by atoms with E-state index < -0.39 is 0 Å². The van der Waals surface area contributed by atoms with Crippen molar-refractivity contribution in [2.75, 3.05) is 39.5 Å². The molecule has 1 saturated heterocycles. The number of unbranched alkanes of at least 4 members (excludes halogenated alkanes) is 2. The molecular formula is C25H36N2O3. The monoisotopic (exact) mass is 412 g/mol. The third-order valence-electron chi connectivity index (χ3n) is 6.74. The third kappa shape index (κ3) is 5.64. The average molecular weight is 413 g/mol. The van der Waals surface area contributed by atoms with Crippen LogP contribution in [0.15, 0.2) is 29.1 Å². The molecule has 2 aromatic rings. The van der Waals surface area contributed by atoms with Crippen LogP contribution in [0.5, 0.6) is 5.75 Å². The highest BCUT2D eigenvalue weighted by Crippen LogP contribution is 2.30. The summed E-state index contributed by atoms with van der Waals surface area (Å²) in [6, 6.07) is 7.98. The minimum absolute atomic E-state index is 0.00543. The second-order valence-corrected chi connectivity index (χ2v) is 8.86. The molecule has 1 aromatic heterocycles. The zero-order chi connectivity index (χ0) is 20.6. The highest BCUT2D eigenvalue weighted by molar-refractivity contribution is 5.86. The summed E-state index contributed by atoms with van der Waals surface area (Å²) in [5.41, 5.74) is 1.68. The number of hydrogen-bond acceptors (Lipinski definition) is 4. The fourth-order valence-corrected chi connectivity index (χ4v) is 4.96. The lowest BCUT2D eigenvalue weighted by Crippen LogP contribution is -2.38. The first-order valence-corrected chi connectivity index (χ1v) is 11.9. The van der Waals surface area contributed by atoms with E-state index in [2.05, 4.69) is 16.0 Å². The van der Waals surface area contributed by atoms with Crippen molar-refractivity contribution in [3.8, 4) is 5.75 Å². The molecule has 1 aliphatic carbocycles. The van der Waals surface area contributed by atoms with Gasteiger partial charge < -0.3 is 14.5 Å². The predicted octanol–water partition coefficient (Wildman–Crippen LogP) is 4.53. The summed E-state index contributed by atoms with van der Waals surface area (Å²) in [5, 5.41) is 1.01. The van der Waals surface area contributed by atoms with Crippen LogP contribution in [-0.2, 0) is 11.2 Å². The Balaban J connectivity index is 1.39. The number of fused-ring (bicyclic) bond motifs is 1. The number of rotatable bonds is 10. The van der Waals surface area contributed by atoms with Gasteiger partial charge in [-0.2, -0.15) is 0 Å². The topological polar surface area (TPSA) is 54.6 Å². The molecule has 2 fully saturated rings. The number of hydrogen-bond donors (Lipinski definition) is 1. The van der Waals surface area contributed by atoms with Crippen LogP contribution < -0.4 is 10.3 Å². The van der Waals surface area contributed by atoms with Gasteiger partial charge in [0.15, 0.2) is 0 Å². The Hall–Kier alpha value is -1.85. The summed E-state index contributed by atoms with van der Waals surface area (Å²) in [6.07, 6.45) is 11.4. The summed E-state index contributed by atoms with van der Waals surface area (Å²) in [5.74, 6) is 1.74. The van der Waals surface area contributed by atoms with Gasteiger partial charge in [0.05, 0.1) is 24.3 Å². The number of H-pyrrole nitrogens is 1. The summed E-state index contributed by atoms with van der Waals surface area (Å²) in [6.45, 7) is 4.95. The van der Waals surface area contributed by atoms with Gasteiger partial charge in [-0.05, 0) is 30.9 Å². The maximum absolute atomic E-state index is 12.8. The number of morpholine rings is 1. The number of ether oxygens (including phenoxy) is 2. The predicted molar refractivity (Wildman–Crippen MR) is 121 cm³/mol. The summed E-state index contributed by atoms with van der Waals surface area (Å²) in [7, 11) is 0. The van der Waals surface area contributed by atoms with E-state index in [1.54, 1.807) is 0 Å². The number of aromatic nitrogens is 1. The van der Waals surface area contributed by atoms with Gasteiger partial charge in [0.1, 0.15) is 12.4 Å². The summed E-state index contributed by atoms with van der Waals surface area (Å²) < 4.78 is 11.7. The Morgan fingerprint density at radius 1 is 1.07 bits per heavy atom. The fourth-order valence-electron chi connectivity index (χ4n) is 4.96. The zero-order valence-electron chi connectivity index (χ0n) is 18.2. The van der Waals surface area contributed by atoms with Crippen molar-refractivity contribution in [2.24, 2.45) is 5.92 Å². The summed E-state index contributed by atoms with van der Waals surface area (Å²) in [4.78, 5) is 18.3. The van der Waals surface area contributed by atoms with E-state index in [4.69, 9.17) is 9.47 Å². The smallest absolute Gasteiger partial charge is 0.255 e. The number of benzene rings is 1. The van der Waals surface area contributed by atoms with Gasteiger partial charge >= 0.3 is 0 Å². The largest absolute Gasteiger partial charge is 0.491 e. The van der Waals surface area contributed by atoms with Gasteiger partial charge in [0, 0.05) is 25.0 Å². The number of nitrogens with zero attached hydrogens (tertiary/aromatic N) is 1. The molecule has 0 atom stereocenters. The first-order chi connectivity index (χ1) is 14.8. The van der Waals surface area contributed by atoms with Crippen molar-refractivity contribution in [3.63, 3.8) is 0 Å². The van der Waals surface area contributed by atoms with E-state index in [9.17, 15) is 4.79 Å². The molecule has 0 amide bonds. The van der Waals surface area contributed by atoms with Crippen molar-refractivity contribution in [3.05, 3.63) is 40.2 Å². The van der Waals surface area contributed by atoms with Gasteiger partial charge in [-0.3, -0.25) is 9.69 Å². The standard InChI is InChI=1S/C25H36N2O3/c28-25-22(12-3-1-2-8-20-9-4-5-10-20)24(21-11-6-7-13-23(21)26-25)30-19-16-27-14-17-29-18-15-27/h6-7,11,13,20H,1-5,8-10,12,14-19H2,(H,26,28). The molecule has 0 spiro atoms. The number of aromatic amines is 1. The lowest BCUT2D eigenvalue weighted by Gasteiger charge is -2.26. The van der Waals surface area contributed by atoms with Gasteiger partial charge in [-0.15, -0.1) is 0 Å². The average Bonchev–Trinajstić information content (AvgIpc) is 3.29. The molecule has 30 heavy (non-hydrogen) atoms. The molecule has 2 heterocycles. The van der Waals surface area contributed by atoms with Crippen molar-refractivity contribution in [2.45, 2.75) is 57.8 Å². The normalized spacial score (nSPS) is 18.3. The first kappa shape index (κ1) is 21.4. The molecule has 2 aliphatic rings. The number of pyridine rings is 1. The molecule has 5 nitrogen and oxygen atoms in total. The second kappa shape index (κ2) is 11.0. The molecule has 0 radical (unpaired) electrons. The van der Waals surface area contributed by atoms with Crippen molar-refractivity contribution >= 4 is 10.9 Å². The highest BCUT2D eigenvalue weighted by Gasteiger charge is 2.17. The Bertz CT molecular complexity index is 851. The van der Waals surface area contributed by atoms with Crippen LogP contribution in [0, 0.1) is 5.92 Å². The van der Waals surface area contributed by atoms with E-state index in [-0.39, 0.29) is 5.56 Å². The number of para-hydroxylation sites is 1. The van der Waals surface area contributed by atoms with Gasteiger partial charge in [0.2, 0.25) is 0 Å². The molecule has 1 N–H and O–H groups in total.